The average Bonchev–Trinajstić information content (AvgIpc) is 2.76. The van der Waals surface area contributed by atoms with Gasteiger partial charge in [-0.3, -0.25) is 4.79 Å². The topological polar surface area (TPSA) is 91.2 Å². The maximum atomic E-state index is 14.4. The molecule has 0 aliphatic rings. The van der Waals surface area contributed by atoms with Gasteiger partial charge in [0.25, 0.3) is 0 Å². The Morgan fingerprint density at radius 1 is 0.886 bits per heavy atom. The van der Waals surface area contributed by atoms with E-state index in [0.717, 1.165) is 34.6 Å². The molecule has 0 heterocycles. The SMILES string of the molecule is Cc1ccc(NC(=O)Cc2cc(F)c(N=Nc3c(F)cccc3F)c(F)c2)cc1S(=O)(=O)N(C)C. The first kappa shape index (κ1) is 26.0. The zero-order valence-electron chi connectivity index (χ0n) is 18.8. The van der Waals surface area contributed by atoms with E-state index in [1.807, 2.05) is 0 Å². The maximum Gasteiger partial charge on any atom is 0.242 e. The fraction of sp³-hybridized carbons (Fsp3) is 0.174. The summed E-state index contributed by atoms with van der Waals surface area (Å²) < 4.78 is 82.0. The van der Waals surface area contributed by atoms with Crippen molar-refractivity contribution in [3.63, 3.8) is 0 Å². The van der Waals surface area contributed by atoms with E-state index in [4.69, 9.17) is 0 Å². The molecule has 1 N–H and O–H groups in total. The van der Waals surface area contributed by atoms with Crippen molar-refractivity contribution < 1.29 is 30.8 Å². The molecule has 0 aliphatic heterocycles. The quantitative estimate of drug-likeness (QED) is 0.342. The van der Waals surface area contributed by atoms with E-state index >= 15 is 0 Å². The number of azo groups is 1. The molecule has 0 radical (unpaired) electrons. The van der Waals surface area contributed by atoms with Crippen LogP contribution >= 0.6 is 0 Å². The minimum Gasteiger partial charge on any atom is -0.326 e. The number of nitrogens with one attached hydrogen (secondary N) is 1. The van der Waals surface area contributed by atoms with E-state index in [-0.39, 0.29) is 16.1 Å². The molecule has 0 aromatic heterocycles. The van der Waals surface area contributed by atoms with Crippen LogP contribution in [0.3, 0.4) is 0 Å². The number of rotatable bonds is 7. The van der Waals surface area contributed by atoms with Gasteiger partial charge in [-0.1, -0.05) is 12.1 Å². The number of amides is 1. The molecule has 184 valence electrons. The number of sulfonamides is 1. The average molecular weight is 508 g/mol. The van der Waals surface area contributed by atoms with Crippen LogP contribution in [0, 0.1) is 30.2 Å². The number of carbonyl (C=O) groups is 1. The summed E-state index contributed by atoms with van der Waals surface area (Å²) in [6.07, 6.45) is -0.448. The summed E-state index contributed by atoms with van der Waals surface area (Å²) >= 11 is 0. The second-order valence-corrected chi connectivity index (χ2v) is 9.79. The monoisotopic (exact) mass is 508 g/mol. The van der Waals surface area contributed by atoms with E-state index in [1.54, 1.807) is 6.92 Å². The molecular weight excluding hydrogens is 488 g/mol. The van der Waals surface area contributed by atoms with Crippen LogP contribution in [0.1, 0.15) is 11.1 Å². The lowest BCUT2D eigenvalue weighted by Gasteiger charge is -2.15. The summed E-state index contributed by atoms with van der Waals surface area (Å²) in [5.41, 5.74) is -1.08. The standard InChI is InChI=1S/C23H20F4N4O3S/c1-13-7-8-15(12-20(13)35(33,34)31(2)3)28-21(32)11-14-9-18(26)23(19(27)10-14)30-29-22-16(24)5-4-6-17(22)25/h4-10,12H,11H2,1-3H3,(H,28,32). The van der Waals surface area contributed by atoms with Gasteiger partial charge in [0.2, 0.25) is 15.9 Å². The molecule has 3 rings (SSSR count). The Bertz CT molecular complexity index is 1380. The smallest absolute Gasteiger partial charge is 0.242 e. The van der Waals surface area contributed by atoms with Crippen molar-refractivity contribution in [2.24, 2.45) is 10.2 Å². The van der Waals surface area contributed by atoms with E-state index < -0.39 is 57.0 Å². The molecule has 0 fully saturated rings. The normalized spacial score (nSPS) is 11.9. The number of nitrogens with zero attached hydrogens (tertiary/aromatic N) is 3. The van der Waals surface area contributed by atoms with Crippen molar-refractivity contribution >= 4 is 33.0 Å². The molecule has 3 aromatic rings. The Morgan fingerprint density at radius 2 is 1.43 bits per heavy atom. The van der Waals surface area contributed by atoms with Crippen LogP contribution in [0.4, 0.5) is 34.6 Å². The van der Waals surface area contributed by atoms with Crippen molar-refractivity contribution in [1.29, 1.82) is 0 Å². The highest BCUT2D eigenvalue weighted by atomic mass is 32.2. The first-order valence-electron chi connectivity index (χ1n) is 10.1. The second kappa shape index (κ2) is 10.3. The highest BCUT2D eigenvalue weighted by Crippen LogP contribution is 2.29. The highest BCUT2D eigenvalue weighted by molar-refractivity contribution is 7.89. The number of aryl methyl sites for hydroxylation is 1. The van der Waals surface area contributed by atoms with Gasteiger partial charge in [0.15, 0.2) is 34.6 Å². The zero-order valence-corrected chi connectivity index (χ0v) is 19.6. The van der Waals surface area contributed by atoms with Gasteiger partial charge >= 0.3 is 0 Å². The van der Waals surface area contributed by atoms with Crippen molar-refractivity contribution in [3.8, 4) is 0 Å². The van der Waals surface area contributed by atoms with Crippen molar-refractivity contribution in [3.05, 3.63) is 82.9 Å². The van der Waals surface area contributed by atoms with E-state index in [0.29, 0.717) is 5.56 Å². The summed E-state index contributed by atoms with van der Waals surface area (Å²) in [7, 11) is -1.01. The zero-order chi connectivity index (χ0) is 25.9. The van der Waals surface area contributed by atoms with Gasteiger partial charge in [0.1, 0.15) is 0 Å². The lowest BCUT2D eigenvalue weighted by Crippen LogP contribution is -2.23. The third kappa shape index (κ3) is 5.89. The molecule has 35 heavy (non-hydrogen) atoms. The highest BCUT2D eigenvalue weighted by Gasteiger charge is 2.21. The summed E-state index contributed by atoms with van der Waals surface area (Å²) in [5.74, 6) is -5.16. The molecule has 3 aromatic carbocycles. The Kier molecular flexibility index (Phi) is 7.66. The van der Waals surface area contributed by atoms with Crippen molar-refractivity contribution in [2.75, 3.05) is 19.4 Å². The predicted octanol–water partition coefficient (Wildman–Crippen LogP) is 5.40. The molecule has 0 atom stereocenters. The fourth-order valence-electron chi connectivity index (χ4n) is 3.04. The third-order valence-electron chi connectivity index (χ3n) is 4.86. The van der Waals surface area contributed by atoms with Gasteiger partial charge in [-0.15, -0.1) is 10.2 Å². The first-order chi connectivity index (χ1) is 16.4. The van der Waals surface area contributed by atoms with E-state index in [1.165, 1.54) is 32.3 Å². The molecule has 0 saturated heterocycles. The largest absolute Gasteiger partial charge is 0.326 e. The minimum absolute atomic E-state index is 0.00149. The molecular formula is C23H20F4N4O3S. The summed E-state index contributed by atoms with van der Waals surface area (Å²) in [4.78, 5) is 12.4. The van der Waals surface area contributed by atoms with Crippen LogP contribution in [0.25, 0.3) is 0 Å². The molecule has 12 heteroatoms. The molecule has 7 nitrogen and oxygen atoms in total. The Morgan fingerprint density at radius 3 is 1.97 bits per heavy atom. The molecule has 0 bridgehead atoms. The van der Waals surface area contributed by atoms with Crippen LogP contribution < -0.4 is 5.32 Å². The summed E-state index contributed by atoms with van der Waals surface area (Å²) in [5, 5.41) is 9.02. The minimum atomic E-state index is -3.76. The molecule has 0 saturated carbocycles. The number of benzene rings is 3. The maximum absolute atomic E-state index is 14.4. The Labute approximate surface area is 199 Å². The van der Waals surface area contributed by atoms with Gasteiger partial charge < -0.3 is 5.32 Å². The number of anilines is 1. The van der Waals surface area contributed by atoms with Crippen LogP contribution in [0.2, 0.25) is 0 Å². The van der Waals surface area contributed by atoms with Crippen LogP contribution in [-0.4, -0.2) is 32.7 Å². The summed E-state index contributed by atoms with van der Waals surface area (Å²) in [6.45, 7) is 1.60. The molecule has 0 spiro atoms. The van der Waals surface area contributed by atoms with Crippen LogP contribution in [0.5, 0.6) is 0 Å². The first-order valence-corrected chi connectivity index (χ1v) is 11.5. The van der Waals surface area contributed by atoms with Crippen molar-refractivity contribution in [1.82, 2.24) is 4.31 Å². The number of halogens is 4. The van der Waals surface area contributed by atoms with Crippen molar-refractivity contribution in [2.45, 2.75) is 18.2 Å². The van der Waals surface area contributed by atoms with Crippen LogP contribution in [0.15, 0.2) is 63.7 Å². The Hall–Kier alpha value is -3.64. The predicted molar refractivity (Wildman–Crippen MR) is 121 cm³/mol. The summed E-state index contributed by atoms with van der Waals surface area (Å²) in [6, 6.07) is 8.91. The number of carbonyl (C=O) groups excluding carboxylic acids is 1. The molecule has 0 aliphatic carbocycles. The van der Waals surface area contributed by atoms with Gasteiger partial charge in [-0.25, -0.2) is 30.3 Å². The lowest BCUT2D eigenvalue weighted by atomic mass is 10.1. The number of hydrogen-bond acceptors (Lipinski definition) is 5. The van der Waals surface area contributed by atoms with E-state index in [9.17, 15) is 30.8 Å². The Balaban J connectivity index is 1.78. The van der Waals surface area contributed by atoms with E-state index in [2.05, 4.69) is 15.5 Å². The van der Waals surface area contributed by atoms with Gasteiger partial charge in [-0.05, 0) is 54.4 Å². The lowest BCUT2D eigenvalue weighted by molar-refractivity contribution is -0.115. The fourth-order valence-corrected chi connectivity index (χ4v) is 4.19. The van der Waals surface area contributed by atoms with Gasteiger partial charge in [0.05, 0.1) is 11.3 Å². The van der Waals surface area contributed by atoms with Gasteiger partial charge in [0, 0.05) is 19.8 Å². The third-order valence-corrected chi connectivity index (χ3v) is 6.82. The number of hydrogen-bond donors (Lipinski definition) is 1. The molecule has 1 amide bonds. The van der Waals surface area contributed by atoms with Gasteiger partial charge in [-0.2, -0.15) is 0 Å². The second-order valence-electron chi connectivity index (χ2n) is 7.67. The molecule has 0 unspecified atom stereocenters. The van der Waals surface area contributed by atoms with Crippen LogP contribution in [-0.2, 0) is 21.2 Å².